The van der Waals surface area contributed by atoms with Gasteiger partial charge in [0.2, 0.25) is 11.8 Å². The van der Waals surface area contributed by atoms with Crippen molar-refractivity contribution in [2.45, 2.75) is 58.0 Å². The van der Waals surface area contributed by atoms with E-state index in [9.17, 15) is 18.0 Å². The summed E-state index contributed by atoms with van der Waals surface area (Å²) in [4.78, 5) is 28.8. The maximum atomic E-state index is 14.2. The third-order valence-electron chi connectivity index (χ3n) is 6.69. The highest BCUT2D eigenvalue weighted by atomic mass is 35.5. The standard InChI is InChI=1S/C31H38ClN3O5S/c1-6-18-33-31(37)27(7-2)34(20-24-11-13-25(32)14-12-24)30(36)21-35(28-19-23(4)10-17-29(28)40-5)41(38,39)26-15-8-22(3)9-16-26/h8-17,19,27H,6-7,18,20-21H2,1-5H3,(H,33,37). The molecule has 0 bridgehead atoms. The highest BCUT2D eigenvalue weighted by molar-refractivity contribution is 7.92. The Kier molecular flexibility index (Phi) is 11.2. The Bertz CT molecular complexity index is 1440. The minimum Gasteiger partial charge on any atom is -0.495 e. The molecule has 0 heterocycles. The van der Waals surface area contributed by atoms with Gasteiger partial charge in [-0.15, -0.1) is 0 Å². The summed E-state index contributed by atoms with van der Waals surface area (Å²) in [5.74, 6) is -0.522. The highest BCUT2D eigenvalue weighted by Crippen LogP contribution is 2.34. The number of anilines is 1. The molecular weight excluding hydrogens is 562 g/mol. The number of carbonyl (C=O) groups is 2. The summed E-state index contributed by atoms with van der Waals surface area (Å²) in [6, 6.07) is 17.8. The number of rotatable bonds is 13. The van der Waals surface area contributed by atoms with Crippen LogP contribution in [0.4, 0.5) is 5.69 Å². The molecule has 10 heteroatoms. The summed E-state index contributed by atoms with van der Waals surface area (Å²) >= 11 is 6.07. The van der Waals surface area contributed by atoms with Crippen LogP contribution in [0.5, 0.6) is 5.75 Å². The highest BCUT2D eigenvalue weighted by Gasteiger charge is 2.34. The van der Waals surface area contributed by atoms with Gasteiger partial charge >= 0.3 is 0 Å². The number of halogens is 1. The summed E-state index contributed by atoms with van der Waals surface area (Å²) in [5.41, 5.74) is 2.68. The average molecular weight is 600 g/mol. The fourth-order valence-electron chi connectivity index (χ4n) is 4.42. The maximum absolute atomic E-state index is 14.2. The van der Waals surface area contributed by atoms with Crippen LogP contribution < -0.4 is 14.4 Å². The van der Waals surface area contributed by atoms with Gasteiger partial charge in [0.1, 0.15) is 18.3 Å². The monoisotopic (exact) mass is 599 g/mol. The molecule has 3 aromatic rings. The Morgan fingerprint density at radius 1 is 0.951 bits per heavy atom. The first-order chi connectivity index (χ1) is 19.5. The second kappa shape index (κ2) is 14.4. The van der Waals surface area contributed by atoms with Crippen molar-refractivity contribution in [1.82, 2.24) is 10.2 Å². The van der Waals surface area contributed by atoms with Gasteiger partial charge in [-0.05, 0) is 74.2 Å². The van der Waals surface area contributed by atoms with Crippen molar-refractivity contribution in [3.05, 3.63) is 88.4 Å². The summed E-state index contributed by atoms with van der Waals surface area (Å²) in [6.45, 7) is 7.48. The Hall–Kier alpha value is -3.56. The smallest absolute Gasteiger partial charge is 0.264 e. The number of hydrogen-bond acceptors (Lipinski definition) is 5. The van der Waals surface area contributed by atoms with Crippen LogP contribution in [-0.4, -0.2) is 51.4 Å². The molecule has 220 valence electrons. The van der Waals surface area contributed by atoms with Gasteiger partial charge in [0.25, 0.3) is 10.0 Å². The van der Waals surface area contributed by atoms with E-state index in [4.69, 9.17) is 16.3 Å². The lowest BCUT2D eigenvalue weighted by Gasteiger charge is -2.33. The molecule has 8 nitrogen and oxygen atoms in total. The van der Waals surface area contributed by atoms with Crippen LogP contribution in [0, 0.1) is 13.8 Å². The normalized spacial score (nSPS) is 12.0. The van der Waals surface area contributed by atoms with Gasteiger partial charge in [0.15, 0.2) is 0 Å². The number of methoxy groups -OCH3 is 1. The number of nitrogens with zero attached hydrogens (tertiary/aromatic N) is 2. The molecule has 1 atom stereocenters. The second-order valence-corrected chi connectivity index (χ2v) is 12.2. The molecule has 0 fully saturated rings. The van der Waals surface area contributed by atoms with E-state index in [1.165, 1.54) is 24.1 Å². The van der Waals surface area contributed by atoms with Gasteiger partial charge < -0.3 is 15.0 Å². The lowest BCUT2D eigenvalue weighted by molar-refractivity contribution is -0.140. The molecular formula is C31H38ClN3O5S. The summed E-state index contributed by atoms with van der Waals surface area (Å²) in [5, 5.41) is 3.42. The zero-order valence-electron chi connectivity index (χ0n) is 24.2. The molecule has 0 aliphatic carbocycles. The first-order valence-electron chi connectivity index (χ1n) is 13.6. The predicted molar refractivity (Wildman–Crippen MR) is 163 cm³/mol. The first kappa shape index (κ1) is 32.0. The molecule has 2 amide bonds. The molecule has 3 rings (SSSR count). The van der Waals surface area contributed by atoms with Gasteiger partial charge in [-0.1, -0.05) is 61.3 Å². The largest absolute Gasteiger partial charge is 0.495 e. The SMILES string of the molecule is CCCNC(=O)C(CC)N(Cc1ccc(Cl)cc1)C(=O)CN(c1cc(C)ccc1OC)S(=O)(=O)c1ccc(C)cc1. The molecule has 0 radical (unpaired) electrons. The molecule has 0 saturated carbocycles. The van der Waals surface area contributed by atoms with E-state index < -0.39 is 28.5 Å². The van der Waals surface area contributed by atoms with E-state index in [0.29, 0.717) is 23.7 Å². The van der Waals surface area contributed by atoms with Crippen LogP contribution in [0.15, 0.2) is 71.6 Å². The molecule has 3 aromatic carbocycles. The number of benzene rings is 3. The van der Waals surface area contributed by atoms with E-state index in [2.05, 4.69) is 5.32 Å². The van der Waals surface area contributed by atoms with Gasteiger partial charge in [-0.2, -0.15) is 0 Å². The minimum absolute atomic E-state index is 0.0384. The molecule has 41 heavy (non-hydrogen) atoms. The van der Waals surface area contributed by atoms with Crippen molar-refractivity contribution < 1.29 is 22.7 Å². The predicted octanol–water partition coefficient (Wildman–Crippen LogP) is 5.49. The summed E-state index contributed by atoms with van der Waals surface area (Å²) in [6.07, 6.45) is 1.08. The molecule has 0 spiro atoms. The molecule has 1 unspecified atom stereocenters. The number of sulfonamides is 1. The van der Waals surface area contributed by atoms with E-state index in [1.807, 2.05) is 27.7 Å². The fraction of sp³-hybridized carbons (Fsp3) is 0.355. The molecule has 0 saturated heterocycles. The maximum Gasteiger partial charge on any atom is 0.264 e. The van der Waals surface area contributed by atoms with Crippen LogP contribution in [-0.2, 0) is 26.2 Å². The Labute approximate surface area is 248 Å². The van der Waals surface area contributed by atoms with Crippen molar-refractivity contribution in [2.75, 3.05) is 24.5 Å². The van der Waals surface area contributed by atoms with Crippen LogP contribution in [0.3, 0.4) is 0 Å². The van der Waals surface area contributed by atoms with Gasteiger partial charge in [-0.25, -0.2) is 8.42 Å². The topological polar surface area (TPSA) is 96.0 Å². The average Bonchev–Trinajstić information content (AvgIpc) is 2.95. The van der Waals surface area contributed by atoms with Crippen LogP contribution in [0.25, 0.3) is 0 Å². The minimum atomic E-state index is -4.21. The van der Waals surface area contributed by atoms with Crippen LogP contribution >= 0.6 is 11.6 Å². The molecule has 0 aromatic heterocycles. The van der Waals surface area contributed by atoms with Crippen molar-refractivity contribution in [3.63, 3.8) is 0 Å². The molecule has 0 aliphatic rings. The number of ether oxygens (including phenoxy) is 1. The number of carbonyl (C=O) groups excluding carboxylic acids is 2. The van der Waals surface area contributed by atoms with E-state index in [-0.39, 0.29) is 23.0 Å². The molecule has 0 aliphatic heterocycles. The second-order valence-electron chi connectivity index (χ2n) is 9.86. The zero-order valence-corrected chi connectivity index (χ0v) is 25.8. The van der Waals surface area contributed by atoms with Gasteiger partial charge in [-0.3, -0.25) is 13.9 Å². The van der Waals surface area contributed by atoms with E-state index in [1.54, 1.807) is 54.6 Å². The quantitative estimate of drug-likeness (QED) is 0.280. The number of aryl methyl sites for hydroxylation is 2. The van der Waals surface area contributed by atoms with Crippen molar-refractivity contribution in [3.8, 4) is 5.75 Å². The third kappa shape index (κ3) is 8.01. The van der Waals surface area contributed by atoms with E-state index >= 15 is 0 Å². The lowest BCUT2D eigenvalue weighted by atomic mass is 10.1. The number of hydrogen-bond donors (Lipinski definition) is 1. The zero-order chi connectivity index (χ0) is 30.2. The van der Waals surface area contributed by atoms with Crippen molar-refractivity contribution in [1.29, 1.82) is 0 Å². The fourth-order valence-corrected chi connectivity index (χ4v) is 5.96. The Morgan fingerprint density at radius 2 is 1.59 bits per heavy atom. The van der Waals surface area contributed by atoms with E-state index in [0.717, 1.165) is 27.4 Å². The van der Waals surface area contributed by atoms with Crippen LogP contribution in [0.2, 0.25) is 5.02 Å². The van der Waals surface area contributed by atoms with Gasteiger partial charge in [0.05, 0.1) is 17.7 Å². The first-order valence-corrected chi connectivity index (χ1v) is 15.4. The summed E-state index contributed by atoms with van der Waals surface area (Å²) in [7, 11) is -2.76. The number of nitrogens with one attached hydrogen (secondary N) is 1. The van der Waals surface area contributed by atoms with Crippen molar-refractivity contribution in [2.24, 2.45) is 0 Å². The van der Waals surface area contributed by atoms with Gasteiger partial charge in [0, 0.05) is 18.1 Å². The third-order valence-corrected chi connectivity index (χ3v) is 8.72. The van der Waals surface area contributed by atoms with Crippen molar-refractivity contribution >= 4 is 39.1 Å². The summed E-state index contributed by atoms with van der Waals surface area (Å²) < 4.78 is 34.8. The molecule has 1 N–H and O–H groups in total. The lowest BCUT2D eigenvalue weighted by Crippen LogP contribution is -2.52. The van der Waals surface area contributed by atoms with Crippen LogP contribution in [0.1, 0.15) is 43.4 Å². The Morgan fingerprint density at radius 3 is 2.17 bits per heavy atom. The number of amides is 2. The Balaban J connectivity index is 2.11.